The van der Waals surface area contributed by atoms with Gasteiger partial charge in [-0.05, 0) is 45.1 Å². The largest absolute Gasteiger partial charge is 0.480 e. The van der Waals surface area contributed by atoms with E-state index in [9.17, 15) is 29.1 Å². The minimum Gasteiger partial charge on any atom is -0.480 e. The molecule has 4 atom stereocenters. The number of hydrogen-bond donors (Lipinski definition) is 7. The van der Waals surface area contributed by atoms with Gasteiger partial charge in [0.25, 0.3) is 0 Å². The maximum absolute atomic E-state index is 12.8. The van der Waals surface area contributed by atoms with Crippen LogP contribution < -0.4 is 33.2 Å². The molecule has 31 heavy (non-hydrogen) atoms. The summed E-state index contributed by atoms with van der Waals surface area (Å²) in [5.41, 5.74) is 16.2. The number of primary amides is 1. The highest BCUT2D eigenvalue weighted by Crippen LogP contribution is 2.07. The Morgan fingerprint density at radius 1 is 0.839 bits per heavy atom. The molecule has 12 nitrogen and oxygen atoms in total. The Kier molecular flexibility index (Phi) is 13.0. The van der Waals surface area contributed by atoms with Gasteiger partial charge in [-0.1, -0.05) is 13.8 Å². The Labute approximate surface area is 182 Å². The number of carboxylic acids is 1. The molecule has 0 aliphatic rings. The molecule has 12 heteroatoms. The van der Waals surface area contributed by atoms with Crippen LogP contribution in [0.5, 0.6) is 0 Å². The smallest absolute Gasteiger partial charge is 0.326 e. The molecule has 0 aliphatic carbocycles. The van der Waals surface area contributed by atoms with Crippen LogP contribution in [0.25, 0.3) is 0 Å². The Morgan fingerprint density at radius 2 is 1.35 bits per heavy atom. The standard InChI is InChI=1S/C19H36N6O6/c1-10(2)15(19(30)31)25-18(29)13(7-8-14(22)26)24-17(28)12(6-4-5-9-20)23-16(27)11(3)21/h10-13,15H,4-9,20-21H2,1-3H3,(H2,22,26)(H,23,27)(H,24,28)(H,25,29)(H,30,31). The van der Waals surface area contributed by atoms with Crippen molar-refractivity contribution >= 4 is 29.6 Å². The Bertz CT molecular complexity index is 639. The van der Waals surface area contributed by atoms with E-state index in [0.717, 1.165) is 0 Å². The molecule has 10 N–H and O–H groups in total. The number of carbonyl (C=O) groups excluding carboxylic acids is 4. The van der Waals surface area contributed by atoms with E-state index in [1.165, 1.54) is 6.92 Å². The maximum atomic E-state index is 12.8. The third-order valence-corrected chi connectivity index (χ3v) is 4.54. The van der Waals surface area contributed by atoms with Crippen LogP contribution in [0.15, 0.2) is 0 Å². The van der Waals surface area contributed by atoms with Crippen molar-refractivity contribution in [3.8, 4) is 0 Å². The molecular formula is C19H36N6O6. The topological polar surface area (TPSA) is 220 Å². The van der Waals surface area contributed by atoms with E-state index >= 15 is 0 Å². The van der Waals surface area contributed by atoms with Crippen molar-refractivity contribution in [2.45, 2.75) is 77.0 Å². The molecule has 4 unspecified atom stereocenters. The second kappa shape index (κ2) is 14.3. The predicted octanol–water partition coefficient (Wildman–Crippen LogP) is -2.08. The van der Waals surface area contributed by atoms with Crippen molar-refractivity contribution in [2.24, 2.45) is 23.1 Å². The number of carboxylic acid groups (broad SMARTS) is 1. The van der Waals surface area contributed by atoms with Crippen LogP contribution in [-0.2, 0) is 24.0 Å². The first kappa shape index (κ1) is 28.3. The summed E-state index contributed by atoms with van der Waals surface area (Å²) < 4.78 is 0. The van der Waals surface area contributed by atoms with Crippen molar-refractivity contribution < 1.29 is 29.1 Å². The maximum Gasteiger partial charge on any atom is 0.326 e. The van der Waals surface area contributed by atoms with E-state index in [1.807, 2.05) is 0 Å². The fourth-order valence-electron chi connectivity index (χ4n) is 2.66. The molecule has 0 aliphatic heterocycles. The number of nitrogens with two attached hydrogens (primary N) is 3. The minimum absolute atomic E-state index is 0.131. The van der Waals surface area contributed by atoms with Gasteiger partial charge in [0, 0.05) is 6.42 Å². The van der Waals surface area contributed by atoms with Crippen LogP contribution in [0.3, 0.4) is 0 Å². The van der Waals surface area contributed by atoms with E-state index < -0.39 is 59.7 Å². The minimum atomic E-state index is -1.23. The van der Waals surface area contributed by atoms with Gasteiger partial charge in [-0.15, -0.1) is 0 Å². The molecule has 0 fully saturated rings. The summed E-state index contributed by atoms with van der Waals surface area (Å²) in [6.07, 6.45) is 1.09. The van der Waals surface area contributed by atoms with Crippen molar-refractivity contribution in [3.05, 3.63) is 0 Å². The molecule has 0 spiro atoms. The fourth-order valence-corrected chi connectivity index (χ4v) is 2.66. The number of carbonyl (C=O) groups is 5. The zero-order valence-electron chi connectivity index (χ0n) is 18.3. The second-order valence-corrected chi connectivity index (χ2v) is 7.77. The molecule has 0 bridgehead atoms. The molecule has 0 aromatic heterocycles. The number of aliphatic carboxylic acids is 1. The molecule has 0 radical (unpaired) electrons. The van der Waals surface area contributed by atoms with Gasteiger partial charge in [-0.3, -0.25) is 19.2 Å². The van der Waals surface area contributed by atoms with Gasteiger partial charge in [0.05, 0.1) is 6.04 Å². The van der Waals surface area contributed by atoms with Gasteiger partial charge < -0.3 is 38.3 Å². The van der Waals surface area contributed by atoms with E-state index in [2.05, 4.69) is 16.0 Å². The molecule has 0 aromatic rings. The van der Waals surface area contributed by atoms with E-state index in [4.69, 9.17) is 17.2 Å². The number of unbranched alkanes of at least 4 members (excludes halogenated alkanes) is 1. The van der Waals surface area contributed by atoms with Crippen molar-refractivity contribution in [3.63, 3.8) is 0 Å². The number of hydrogen-bond acceptors (Lipinski definition) is 7. The first-order valence-electron chi connectivity index (χ1n) is 10.3. The van der Waals surface area contributed by atoms with Crippen LogP contribution in [-0.4, -0.2) is 65.4 Å². The van der Waals surface area contributed by atoms with E-state index in [1.54, 1.807) is 13.8 Å². The second-order valence-electron chi connectivity index (χ2n) is 7.77. The summed E-state index contributed by atoms with van der Waals surface area (Å²) in [7, 11) is 0. The highest BCUT2D eigenvalue weighted by Gasteiger charge is 2.31. The zero-order valence-corrected chi connectivity index (χ0v) is 18.3. The summed E-state index contributed by atoms with van der Waals surface area (Å²) in [6.45, 7) is 5.11. The van der Waals surface area contributed by atoms with Gasteiger partial charge in [0.1, 0.15) is 18.1 Å². The third kappa shape index (κ3) is 11.3. The van der Waals surface area contributed by atoms with Gasteiger partial charge in [0.15, 0.2) is 0 Å². The third-order valence-electron chi connectivity index (χ3n) is 4.54. The van der Waals surface area contributed by atoms with Crippen LogP contribution in [0.1, 0.15) is 52.9 Å². The van der Waals surface area contributed by atoms with Crippen LogP contribution in [0.4, 0.5) is 0 Å². The lowest BCUT2D eigenvalue weighted by Crippen LogP contribution is -2.57. The lowest BCUT2D eigenvalue weighted by Gasteiger charge is -2.25. The van der Waals surface area contributed by atoms with Gasteiger partial charge in [-0.25, -0.2) is 4.79 Å². The van der Waals surface area contributed by atoms with Gasteiger partial charge in [0.2, 0.25) is 23.6 Å². The molecule has 0 saturated carbocycles. The first-order valence-corrected chi connectivity index (χ1v) is 10.3. The Morgan fingerprint density at radius 3 is 1.81 bits per heavy atom. The monoisotopic (exact) mass is 444 g/mol. The summed E-state index contributed by atoms with van der Waals surface area (Å²) >= 11 is 0. The highest BCUT2D eigenvalue weighted by molar-refractivity contribution is 5.94. The van der Waals surface area contributed by atoms with Crippen molar-refractivity contribution in [2.75, 3.05) is 6.54 Å². The SMILES string of the molecule is CC(N)C(=O)NC(CCCCN)C(=O)NC(CCC(N)=O)C(=O)NC(C(=O)O)C(C)C. The summed E-state index contributed by atoms with van der Waals surface area (Å²) in [6, 6.07) is -4.22. The molecule has 0 heterocycles. The molecule has 0 aromatic carbocycles. The van der Waals surface area contributed by atoms with Crippen molar-refractivity contribution in [1.29, 1.82) is 0 Å². The van der Waals surface area contributed by atoms with E-state index in [0.29, 0.717) is 19.4 Å². The highest BCUT2D eigenvalue weighted by atomic mass is 16.4. The Hall–Kier alpha value is -2.73. The Balaban J connectivity index is 5.46. The molecule has 178 valence electrons. The van der Waals surface area contributed by atoms with Gasteiger partial charge >= 0.3 is 5.97 Å². The number of nitrogens with one attached hydrogen (secondary N) is 3. The lowest BCUT2D eigenvalue weighted by molar-refractivity contribution is -0.143. The van der Waals surface area contributed by atoms with Crippen molar-refractivity contribution in [1.82, 2.24) is 16.0 Å². The summed E-state index contributed by atoms with van der Waals surface area (Å²) in [5, 5.41) is 16.7. The normalized spacial score (nSPS) is 14.8. The summed E-state index contributed by atoms with van der Waals surface area (Å²) in [5.74, 6) is -4.30. The van der Waals surface area contributed by atoms with Crippen LogP contribution in [0, 0.1) is 5.92 Å². The molecule has 0 rings (SSSR count). The lowest BCUT2D eigenvalue weighted by atomic mass is 10.0. The number of rotatable bonds is 15. The summed E-state index contributed by atoms with van der Waals surface area (Å²) in [4.78, 5) is 60.0. The average molecular weight is 445 g/mol. The zero-order chi connectivity index (χ0) is 24.1. The molecule has 0 saturated heterocycles. The molecule has 4 amide bonds. The predicted molar refractivity (Wildman–Crippen MR) is 113 cm³/mol. The van der Waals surface area contributed by atoms with Crippen LogP contribution >= 0.6 is 0 Å². The van der Waals surface area contributed by atoms with E-state index in [-0.39, 0.29) is 19.3 Å². The first-order chi connectivity index (χ1) is 14.4. The molecular weight excluding hydrogens is 408 g/mol. The number of amides is 4. The van der Waals surface area contributed by atoms with Gasteiger partial charge in [-0.2, -0.15) is 0 Å². The van der Waals surface area contributed by atoms with Crippen LogP contribution in [0.2, 0.25) is 0 Å². The quantitative estimate of drug-likeness (QED) is 0.139. The fraction of sp³-hybridized carbons (Fsp3) is 0.737. The average Bonchev–Trinajstić information content (AvgIpc) is 2.67.